The summed E-state index contributed by atoms with van der Waals surface area (Å²) in [6, 6.07) is 16.8. The smallest absolute Gasteiger partial charge is 0.322 e. The molecule has 0 aromatic heterocycles. The SMILES string of the molecule is O=C(O)CNC(=O)Cc1ccc(NC(=O)C(c2ccccc2)C2CC2)cc1. The molecular weight excluding hydrogens is 344 g/mol. The fourth-order valence-corrected chi connectivity index (χ4v) is 3.08. The van der Waals surface area contributed by atoms with Crippen molar-refractivity contribution in [2.24, 2.45) is 5.92 Å². The van der Waals surface area contributed by atoms with E-state index in [4.69, 9.17) is 5.11 Å². The molecule has 1 aliphatic carbocycles. The Labute approximate surface area is 157 Å². The van der Waals surface area contributed by atoms with Crippen molar-refractivity contribution in [2.75, 3.05) is 11.9 Å². The molecule has 6 heteroatoms. The third kappa shape index (κ3) is 5.41. The number of carboxylic acids is 1. The monoisotopic (exact) mass is 366 g/mol. The number of hydrogen-bond acceptors (Lipinski definition) is 3. The van der Waals surface area contributed by atoms with Crippen LogP contribution in [0.4, 0.5) is 5.69 Å². The molecule has 140 valence electrons. The van der Waals surface area contributed by atoms with Crippen LogP contribution in [-0.2, 0) is 20.8 Å². The highest BCUT2D eigenvalue weighted by atomic mass is 16.4. The van der Waals surface area contributed by atoms with Gasteiger partial charge in [0.25, 0.3) is 0 Å². The second-order valence-corrected chi connectivity index (χ2v) is 6.76. The Morgan fingerprint density at radius 2 is 1.67 bits per heavy atom. The van der Waals surface area contributed by atoms with Gasteiger partial charge in [0.15, 0.2) is 0 Å². The zero-order valence-corrected chi connectivity index (χ0v) is 14.9. The summed E-state index contributed by atoms with van der Waals surface area (Å²) in [7, 11) is 0. The number of nitrogens with one attached hydrogen (secondary N) is 2. The summed E-state index contributed by atoms with van der Waals surface area (Å²) < 4.78 is 0. The number of rotatable bonds is 8. The predicted molar refractivity (Wildman–Crippen MR) is 101 cm³/mol. The maximum absolute atomic E-state index is 12.8. The van der Waals surface area contributed by atoms with E-state index in [2.05, 4.69) is 10.6 Å². The van der Waals surface area contributed by atoms with Crippen molar-refractivity contribution in [1.29, 1.82) is 0 Å². The molecule has 1 fully saturated rings. The molecule has 27 heavy (non-hydrogen) atoms. The Balaban J connectivity index is 1.59. The molecule has 2 aromatic carbocycles. The van der Waals surface area contributed by atoms with Crippen molar-refractivity contribution in [2.45, 2.75) is 25.2 Å². The molecule has 1 saturated carbocycles. The average molecular weight is 366 g/mol. The van der Waals surface area contributed by atoms with Crippen molar-refractivity contribution < 1.29 is 19.5 Å². The van der Waals surface area contributed by atoms with Gasteiger partial charge in [0.05, 0.1) is 12.3 Å². The van der Waals surface area contributed by atoms with Crippen LogP contribution in [-0.4, -0.2) is 29.4 Å². The van der Waals surface area contributed by atoms with Gasteiger partial charge in [-0.25, -0.2) is 0 Å². The van der Waals surface area contributed by atoms with Crippen LogP contribution in [0.25, 0.3) is 0 Å². The first-order chi connectivity index (χ1) is 13.0. The van der Waals surface area contributed by atoms with Gasteiger partial charge in [0, 0.05) is 5.69 Å². The molecule has 1 aliphatic rings. The lowest BCUT2D eigenvalue weighted by molar-refractivity contribution is -0.137. The molecule has 1 atom stereocenters. The molecule has 2 amide bonds. The van der Waals surface area contributed by atoms with Gasteiger partial charge in [0.1, 0.15) is 6.54 Å². The van der Waals surface area contributed by atoms with E-state index in [0.717, 1.165) is 24.0 Å². The molecule has 0 spiro atoms. The van der Waals surface area contributed by atoms with Gasteiger partial charge in [-0.1, -0.05) is 42.5 Å². The Kier molecular flexibility index (Phi) is 5.86. The van der Waals surface area contributed by atoms with Crippen molar-refractivity contribution in [3.63, 3.8) is 0 Å². The third-order valence-electron chi connectivity index (χ3n) is 4.56. The number of anilines is 1. The molecule has 2 aromatic rings. The van der Waals surface area contributed by atoms with Crippen LogP contribution < -0.4 is 10.6 Å². The highest BCUT2D eigenvalue weighted by Crippen LogP contribution is 2.43. The number of carbonyl (C=O) groups excluding carboxylic acids is 2. The lowest BCUT2D eigenvalue weighted by Gasteiger charge is -2.17. The van der Waals surface area contributed by atoms with Crippen LogP contribution in [0.15, 0.2) is 54.6 Å². The predicted octanol–water partition coefficient (Wildman–Crippen LogP) is 2.56. The molecule has 3 rings (SSSR count). The summed E-state index contributed by atoms with van der Waals surface area (Å²) in [6.07, 6.45) is 2.23. The fraction of sp³-hybridized carbons (Fsp3) is 0.286. The number of aliphatic carboxylic acids is 1. The minimum atomic E-state index is -1.08. The van der Waals surface area contributed by atoms with Crippen molar-refractivity contribution in [3.8, 4) is 0 Å². The largest absolute Gasteiger partial charge is 0.480 e. The van der Waals surface area contributed by atoms with Gasteiger partial charge < -0.3 is 15.7 Å². The quantitative estimate of drug-likeness (QED) is 0.669. The van der Waals surface area contributed by atoms with E-state index in [9.17, 15) is 14.4 Å². The average Bonchev–Trinajstić information content (AvgIpc) is 3.48. The minimum absolute atomic E-state index is 0.0179. The van der Waals surface area contributed by atoms with Crippen LogP contribution in [0.5, 0.6) is 0 Å². The first-order valence-electron chi connectivity index (χ1n) is 8.96. The third-order valence-corrected chi connectivity index (χ3v) is 4.56. The highest BCUT2D eigenvalue weighted by Gasteiger charge is 2.37. The lowest BCUT2D eigenvalue weighted by atomic mass is 9.93. The normalized spacial score (nSPS) is 14.2. The minimum Gasteiger partial charge on any atom is -0.480 e. The van der Waals surface area contributed by atoms with E-state index >= 15 is 0 Å². The summed E-state index contributed by atoms with van der Waals surface area (Å²) in [5.74, 6) is -1.20. The fourth-order valence-electron chi connectivity index (χ4n) is 3.08. The number of carbonyl (C=O) groups is 3. The molecule has 6 nitrogen and oxygen atoms in total. The van der Waals surface area contributed by atoms with E-state index < -0.39 is 12.5 Å². The van der Waals surface area contributed by atoms with Gasteiger partial charge in [0.2, 0.25) is 11.8 Å². The molecule has 0 bridgehead atoms. The van der Waals surface area contributed by atoms with E-state index in [-0.39, 0.29) is 24.2 Å². The first-order valence-corrected chi connectivity index (χ1v) is 8.96. The Hall–Kier alpha value is -3.15. The summed E-state index contributed by atoms with van der Waals surface area (Å²) in [6.45, 7) is -0.394. The molecule has 3 N–H and O–H groups in total. The van der Waals surface area contributed by atoms with Gasteiger partial charge in [-0.15, -0.1) is 0 Å². The zero-order chi connectivity index (χ0) is 19.2. The molecule has 0 heterocycles. The molecular formula is C21H22N2O4. The Morgan fingerprint density at radius 3 is 2.26 bits per heavy atom. The van der Waals surface area contributed by atoms with Crippen LogP contribution >= 0.6 is 0 Å². The number of carboxylic acid groups (broad SMARTS) is 1. The molecule has 0 saturated heterocycles. The molecule has 1 unspecified atom stereocenters. The van der Waals surface area contributed by atoms with Crippen LogP contribution in [0, 0.1) is 5.92 Å². The van der Waals surface area contributed by atoms with Crippen LogP contribution in [0.3, 0.4) is 0 Å². The standard InChI is InChI=1S/C21H22N2O4/c24-18(22-13-19(25)26)12-14-6-10-17(11-7-14)23-21(27)20(16-8-9-16)15-4-2-1-3-5-15/h1-7,10-11,16,20H,8-9,12-13H2,(H,22,24)(H,23,27)(H,25,26). The first kappa shape index (κ1) is 18.6. The topological polar surface area (TPSA) is 95.5 Å². The number of benzene rings is 2. The lowest BCUT2D eigenvalue weighted by Crippen LogP contribution is -2.30. The maximum atomic E-state index is 12.8. The van der Waals surface area contributed by atoms with Gasteiger partial charge >= 0.3 is 5.97 Å². The van der Waals surface area contributed by atoms with Gasteiger partial charge in [-0.05, 0) is 42.0 Å². The summed E-state index contributed by atoms with van der Waals surface area (Å²) in [4.78, 5) is 34.9. The van der Waals surface area contributed by atoms with Crippen molar-refractivity contribution >= 4 is 23.5 Å². The van der Waals surface area contributed by atoms with Crippen molar-refractivity contribution in [3.05, 3.63) is 65.7 Å². The van der Waals surface area contributed by atoms with E-state index in [1.807, 2.05) is 30.3 Å². The van der Waals surface area contributed by atoms with Gasteiger partial charge in [-0.2, -0.15) is 0 Å². The zero-order valence-electron chi connectivity index (χ0n) is 14.9. The van der Waals surface area contributed by atoms with E-state index in [0.29, 0.717) is 11.6 Å². The second kappa shape index (κ2) is 8.49. The van der Waals surface area contributed by atoms with E-state index in [1.54, 1.807) is 24.3 Å². The summed E-state index contributed by atoms with van der Waals surface area (Å²) >= 11 is 0. The Bertz CT molecular complexity index is 814. The van der Waals surface area contributed by atoms with Crippen molar-refractivity contribution in [1.82, 2.24) is 5.32 Å². The van der Waals surface area contributed by atoms with E-state index in [1.165, 1.54) is 0 Å². The summed E-state index contributed by atoms with van der Waals surface area (Å²) in [5.41, 5.74) is 2.46. The highest BCUT2D eigenvalue weighted by molar-refractivity contribution is 5.96. The maximum Gasteiger partial charge on any atom is 0.322 e. The number of hydrogen-bond donors (Lipinski definition) is 3. The van der Waals surface area contributed by atoms with Gasteiger partial charge in [-0.3, -0.25) is 14.4 Å². The molecule has 0 radical (unpaired) electrons. The van der Waals surface area contributed by atoms with Crippen LogP contribution in [0.2, 0.25) is 0 Å². The molecule has 0 aliphatic heterocycles. The second-order valence-electron chi connectivity index (χ2n) is 6.76. The Morgan fingerprint density at radius 1 is 1.00 bits per heavy atom. The number of amides is 2. The summed E-state index contributed by atoms with van der Waals surface area (Å²) in [5, 5.41) is 13.9. The van der Waals surface area contributed by atoms with Crippen LogP contribution in [0.1, 0.15) is 29.9 Å².